The van der Waals surface area contributed by atoms with Gasteiger partial charge in [0, 0.05) is 29.9 Å². The minimum Gasteiger partial charge on any atom is -0.367 e. The zero-order valence-corrected chi connectivity index (χ0v) is 13.5. The third-order valence-electron chi connectivity index (χ3n) is 3.44. The smallest absolute Gasteiger partial charge is 0.287 e. The molecule has 0 saturated carbocycles. The second-order valence-corrected chi connectivity index (χ2v) is 5.55. The highest BCUT2D eigenvalue weighted by molar-refractivity contribution is 6.30. The summed E-state index contributed by atoms with van der Waals surface area (Å²) in [6.07, 6.45) is 0.923. The lowest BCUT2D eigenvalue weighted by Gasteiger charge is -2.24. The Bertz CT molecular complexity index is 738. The summed E-state index contributed by atoms with van der Waals surface area (Å²) >= 11 is 5.90. The van der Waals surface area contributed by atoms with Crippen LogP contribution in [0.2, 0.25) is 5.02 Å². The van der Waals surface area contributed by atoms with E-state index in [1.165, 1.54) is 6.07 Å². The van der Waals surface area contributed by atoms with Crippen LogP contribution in [0, 0.1) is 21.4 Å². The Labute approximate surface area is 139 Å². The maximum atomic E-state index is 10.9. The number of halogens is 1. The molecule has 2 aromatic carbocycles. The number of nitriles is 1. The second-order valence-electron chi connectivity index (χ2n) is 5.12. The summed E-state index contributed by atoms with van der Waals surface area (Å²) in [5, 5.41) is 20.8. The van der Waals surface area contributed by atoms with E-state index in [9.17, 15) is 10.1 Å². The molecule has 0 aliphatic carbocycles. The predicted molar refractivity (Wildman–Crippen MR) is 90.6 cm³/mol. The molecular weight excluding hydrogens is 314 g/mol. The molecule has 0 heterocycles. The zero-order valence-electron chi connectivity index (χ0n) is 12.7. The van der Waals surface area contributed by atoms with Gasteiger partial charge in [0.1, 0.15) is 11.6 Å². The maximum Gasteiger partial charge on any atom is 0.287 e. The Morgan fingerprint density at radius 3 is 2.52 bits per heavy atom. The van der Waals surface area contributed by atoms with E-state index in [1.54, 1.807) is 12.1 Å². The lowest BCUT2D eigenvalue weighted by atomic mass is 10.1. The number of hydrogen-bond acceptors (Lipinski definition) is 4. The predicted octanol–water partition coefficient (Wildman–Crippen LogP) is 4.54. The minimum absolute atomic E-state index is 0.0738. The molecule has 2 aromatic rings. The van der Waals surface area contributed by atoms with Gasteiger partial charge in [-0.1, -0.05) is 30.7 Å². The Hall–Kier alpha value is -2.58. The van der Waals surface area contributed by atoms with Gasteiger partial charge in [0.2, 0.25) is 0 Å². The van der Waals surface area contributed by atoms with Gasteiger partial charge in [-0.2, -0.15) is 5.26 Å². The highest BCUT2D eigenvalue weighted by Gasteiger charge is 2.16. The lowest BCUT2D eigenvalue weighted by molar-refractivity contribution is -0.385. The molecule has 6 heteroatoms. The normalized spacial score (nSPS) is 10.1. The van der Waals surface area contributed by atoms with Crippen molar-refractivity contribution in [3.8, 4) is 6.07 Å². The number of nitro groups is 1. The first-order valence-electron chi connectivity index (χ1n) is 7.23. The zero-order chi connectivity index (χ0) is 16.8. The van der Waals surface area contributed by atoms with E-state index >= 15 is 0 Å². The Morgan fingerprint density at radius 2 is 1.96 bits per heavy atom. The van der Waals surface area contributed by atoms with Gasteiger partial charge in [0.15, 0.2) is 0 Å². The van der Waals surface area contributed by atoms with E-state index in [4.69, 9.17) is 16.9 Å². The highest BCUT2D eigenvalue weighted by Crippen LogP contribution is 2.26. The quantitative estimate of drug-likeness (QED) is 0.576. The van der Waals surface area contributed by atoms with Crippen molar-refractivity contribution < 1.29 is 4.92 Å². The van der Waals surface area contributed by atoms with Crippen LogP contribution in [0.15, 0.2) is 42.5 Å². The second kappa shape index (κ2) is 7.61. The van der Waals surface area contributed by atoms with Gasteiger partial charge in [-0.15, -0.1) is 0 Å². The van der Waals surface area contributed by atoms with E-state index in [2.05, 4.69) is 11.8 Å². The van der Waals surface area contributed by atoms with Gasteiger partial charge in [0.25, 0.3) is 5.69 Å². The molecular formula is C17H16ClN3O2. The number of benzene rings is 2. The van der Waals surface area contributed by atoms with Crippen LogP contribution in [0.4, 0.5) is 11.4 Å². The molecule has 0 spiro atoms. The number of rotatable bonds is 6. The fourth-order valence-electron chi connectivity index (χ4n) is 2.35. The van der Waals surface area contributed by atoms with Crippen molar-refractivity contribution in [2.45, 2.75) is 19.9 Å². The topological polar surface area (TPSA) is 70.2 Å². The van der Waals surface area contributed by atoms with Crippen LogP contribution in [0.5, 0.6) is 0 Å². The maximum absolute atomic E-state index is 10.9. The summed E-state index contributed by atoms with van der Waals surface area (Å²) in [5.41, 5.74) is 1.78. The minimum atomic E-state index is -0.536. The van der Waals surface area contributed by atoms with Crippen molar-refractivity contribution in [1.29, 1.82) is 5.26 Å². The van der Waals surface area contributed by atoms with E-state index < -0.39 is 4.92 Å². The van der Waals surface area contributed by atoms with E-state index in [1.807, 2.05) is 30.3 Å². The van der Waals surface area contributed by atoms with Crippen LogP contribution in [-0.4, -0.2) is 11.5 Å². The van der Waals surface area contributed by atoms with E-state index in [-0.39, 0.29) is 11.3 Å². The summed E-state index contributed by atoms with van der Waals surface area (Å²) in [5.74, 6) is 0. The van der Waals surface area contributed by atoms with Gasteiger partial charge in [-0.25, -0.2) is 0 Å². The molecule has 0 bridgehead atoms. The lowest BCUT2D eigenvalue weighted by Crippen LogP contribution is -2.23. The first-order chi connectivity index (χ1) is 11.0. The van der Waals surface area contributed by atoms with Crippen molar-refractivity contribution >= 4 is 23.0 Å². The van der Waals surface area contributed by atoms with Crippen LogP contribution < -0.4 is 4.90 Å². The molecule has 0 aromatic heterocycles. The van der Waals surface area contributed by atoms with E-state index in [0.717, 1.165) is 24.2 Å². The fourth-order valence-corrected chi connectivity index (χ4v) is 2.48. The number of nitro benzene ring substituents is 1. The first kappa shape index (κ1) is 16.8. The van der Waals surface area contributed by atoms with Crippen LogP contribution in [0.25, 0.3) is 0 Å². The van der Waals surface area contributed by atoms with Crippen molar-refractivity contribution in [3.63, 3.8) is 0 Å². The third kappa shape index (κ3) is 4.21. The first-order valence-corrected chi connectivity index (χ1v) is 7.61. The molecule has 0 saturated heterocycles. The molecule has 0 aliphatic heterocycles. The van der Waals surface area contributed by atoms with Crippen LogP contribution in [0.3, 0.4) is 0 Å². The average molecular weight is 330 g/mol. The molecule has 118 valence electrons. The monoisotopic (exact) mass is 329 g/mol. The van der Waals surface area contributed by atoms with E-state index in [0.29, 0.717) is 11.6 Å². The van der Waals surface area contributed by atoms with Gasteiger partial charge >= 0.3 is 0 Å². The fraction of sp³-hybridized carbons (Fsp3) is 0.235. The average Bonchev–Trinajstić information content (AvgIpc) is 2.55. The van der Waals surface area contributed by atoms with Gasteiger partial charge < -0.3 is 4.90 Å². The summed E-state index contributed by atoms with van der Waals surface area (Å²) in [6.45, 7) is 3.49. The Morgan fingerprint density at radius 1 is 1.26 bits per heavy atom. The Kier molecular flexibility index (Phi) is 5.56. The molecule has 0 amide bonds. The molecule has 0 unspecified atom stereocenters. The number of anilines is 1. The highest BCUT2D eigenvalue weighted by atomic mass is 35.5. The van der Waals surface area contributed by atoms with Crippen LogP contribution >= 0.6 is 11.6 Å². The van der Waals surface area contributed by atoms with Gasteiger partial charge in [-0.05, 0) is 36.2 Å². The van der Waals surface area contributed by atoms with Crippen molar-refractivity contribution in [3.05, 3.63) is 68.7 Å². The molecule has 0 radical (unpaired) electrons. The van der Waals surface area contributed by atoms with Crippen molar-refractivity contribution in [1.82, 2.24) is 0 Å². The molecule has 0 fully saturated rings. The summed E-state index contributed by atoms with van der Waals surface area (Å²) in [7, 11) is 0. The molecule has 2 rings (SSSR count). The summed E-state index contributed by atoms with van der Waals surface area (Å²) in [4.78, 5) is 12.5. The molecule has 0 aliphatic rings. The standard InChI is InChI=1S/C17H16ClN3O2/c1-2-9-20(12-13-3-5-15(18)6-4-13)16-7-8-17(21(22)23)14(10-16)11-19/h3-8,10H,2,9,12H2,1H3. The molecule has 5 nitrogen and oxygen atoms in total. The molecule has 23 heavy (non-hydrogen) atoms. The SMILES string of the molecule is CCCN(Cc1ccc(Cl)cc1)c1ccc([N+](=O)[O-])c(C#N)c1. The van der Waals surface area contributed by atoms with Gasteiger partial charge in [-0.3, -0.25) is 10.1 Å². The van der Waals surface area contributed by atoms with Crippen molar-refractivity contribution in [2.24, 2.45) is 0 Å². The number of hydrogen-bond donors (Lipinski definition) is 0. The Balaban J connectivity index is 2.32. The molecule has 0 N–H and O–H groups in total. The van der Waals surface area contributed by atoms with Crippen LogP contribution in [0.1, 0.15) is 24.5 Å². The summed E-state index contributed by atoms with van der Waals surface area (Å²) < 4.78 is 0. The molecule has 0 atom stereocenters. The third-order valence-corrected chi connectivity index (χ3v) is 3.69. The van der Waals surface area contributed by atoms with Crippen molar-refractivity contribution in [2.75, 3.05) is 11.4 Å². The number of nitrogens with zero attached hydrogens (tertiary/aromatic N) is 3. The summed E-state index contributed by atoms with van der Waals surface area (Å²) in [6, 6.07) is 14.1. The van der Waals surface area contributed by atoms with Gasteiger partial charge in [0.05, 0.1) is 4.92 Å². The van der Waals surface area contributed by atoms with Crippen LogP contribution in [-0.2, 0) is 6.54 Å². The largest absolute Gasteiger partial charge is 0.367 e.